The number of methoxy groups -OCH3 is 1. The van der Waals surface area contributed by atoms with Crippen LogP contribution in [0, 0.1) is 17.2 Å². The maximum Gasteiger partial charge on any atom is 0.259 e. The molecule has 1 saturated heterocycles. The number of sulfonamides is 1. The quantitative estimate of drug-likeness (QED) is 0.117. The van der Waals surface area contributed by atoms with Gasteiger partial charge in [-0.05, 0) is 61.1 Å². The van der Waals surface area contributed by atoms with Crippen LogP contribution in [0.3, 0.4) is 0 Å². The van der Waals surface area contributed by atoms with Crippen molar-refractivity contribution < 1.29 is 36.7 Å². The Kier molecular flexibility index (Phi) is 13.7. The second kappa shape index (κ2) is 17.6. The number of thiazole rings is 1. The van der Waals surface area contributed by atoms with Crippen LogP contribution in [0.5, 0.6) is 11.6 Å². The summed E-state index contributed by atoms with van der Waals surface area (Å²) in [5.41, 5.74) is -1.19. The third kappa shape index (κ3) is 9.52. The van der Waals surface area contributed by atoms with E-state index in [4.69, 9.17) is 32.7 Å². The van der Waals surface area contributed by atoms with E-state index in [-0.39, 0.29) is 55.1 Å². The van der Waals surface area contributed by atoms with Gasteiger partial charge in [0.05, 0.1) is 35.8 Å². The summed E-state index contributed by atoms with van der Waals surface area (Å²) in [6.45, 7) is 9.34. The number of fused-ring (bicyclic) bond motifs is 1. The Morgan fingerprint density at radius 3 is 2.47 bits per heavy atom. The first-order valence-corrected chi connectivity index (χ1v) is 21.4. The fourth-order valence-electron chi connectivity index (χ4n) is 7.04. The number of benzene rings is 2. The number of anilines is 1. The molecule has 0 radical (unpaired) electrons. The number of likely N-dealkylation sites (tertiary alicyclic amines) is 1. The Bertz CT molecular complexity index is 2400. The smallest absolute Gasteiger partial charge is 0.259 e. The fourth-order valence-corrected chi connectivity index (χ4v) is 9.50. The monoisotopic (exact) mass is 930 g/mol. The molecule has 2 aromatic carbocycles. The van der Waals surface area contributed by atoms with Gasteiger partial charge in [0.1, 0.15) is 35.3 Å². The van der Waals surface area contributed by atoms with Crippen molar-refractivity contribution in [2.24, 2.45) is 11.3 Å². The van der Waals surface area contributed by atoms with E-state index in [2.05, 4.69) is 31.9 Å². The largest absolute Gasteiger partial charge is 0.494 e. The summed E-state index contributed by atoms with van der Waals surface area (Å²) < 4.78 is 53.5. The SMILES string of the molecule is C=C[C@@H]1C[C@]1(NC(=O)[C@@H]1C[C@@H](Oc2ncc(OC)c3ccc(Cl)cc23)CN1C(=O)[C@@H](Nc1nc(-c2ccc(F)c(Cl)c2)cs1)C(C)(C)C)C(=O)NS(=O)(=O)C1CC1.Cl.Cl. The number of hydrogen-bond donors (Lipinski definition) is 3. The van der Waals surface area contributed by atoms with Crippen LogP contribution in [0.25, 0.3) is 22.0 Å². The maximum atomic E-state index is 14.8. The average molecular weight is 933 g/mol. The van der Waals surface area contributed by atoms with Gasteiger partial charge in [-0.15, -0.1) is 42.7 Å². The third-order valence-corrected chi connectivity index (χ3v) is 13.6. The molecule has 1 aliphatic heterocycles. The Hall–Kier alpha value is -3.93. The zero-order valence-corrected chi connectivity index (χ0v) is 37.1. The van der Waals surface area contributed by atoms with Crippen LogP contribution in [-0.2, 0) is 24.4 Å². The van der Waals surface area contributed by atoms with Crippen LogP contribution in [0.4, 0.5) is 9.52 Å². The average Bonchev–Trinajstić information content (AvgIpc) is 4.05. The van der Waals surface area contributed by atoms with Crippen molar-refractivity contribution in [3.05, 3.63) is 76.5 Å². The second-order valence-electron chi connectivity index (χ2n) is 15.6. The van der Waals surface area contributed by atoms with E-state index in [1.807, 2.05) is 20.8 Å². The number of nitrogens with zero attached hydrogens (tertiary/aromatic N) is 3. The molecule has 7 rings (SSSR count). The predicted molar refractivity (Wildman–Crippen MR) is 231 cm³/mol. The van der Waals surface area contributed by atoms with Crippen molar-refractivity contribution in [3.8, 4) is 22.9 Å². The van der Waals surface area contributed by atoms with Crippen LogP contribution in [0.15, 0.2) is 60.6 Å². The van der Waals surface area contributed by atoms with Crippen LogP contribution in [0.2, 0.25) is 10.0 Å². The van der Waals surface area contributed by atoms with Crippen molar-refractivity contribution in [2.75, 3.05) is 19.0 Å². The molecule has 2 saturated carbocycles. The van der Waals surface area contributed by atoms with Crippen molar-refractivity contribution in [1.29, 1.82) is 0 Å². The minimum Gasteiger partial charge on any atom is -0.494 e. The van der Waals surface area contributed by atoms with Gasteiger partial charge in [-0.25, -0.2) is 22.8 Å². The van der Waals surface area contributed by atoms with E-state index >= 15 is 0 Å². The van der Waals surface area contributed by atoms with Gasteiger partial charge in [-0.1, -0.05) is 50.0 Å². The van der Waals surface area contributed by atoms with E-state index in [0.717, 1.165) is 0 Å². The van der Waals surface area contributed by atoms with Gasteiger partial charge in [-0.3, -0.25) is 19.1 Å². The molecule has 0 bridgehead atoms. The third-order valence-electron chi connectivity index (χ3n) is 10.5. The highest BCUT2D eigenvalue weighted by atomic mass is 35.5. The molecule has 3 fully saturated rings. The number of nitrogens with one attached hydrogen (secondary N) is 3. The Labute approximate surface area is 367 Å². The number of amides is 3. The number of halogens is 5. The zero-order valence-electron chi connectivity index (χ0n) is 32.3. The summed E-state index contributed by atoms with van der Waals surface area (Å²) in [5, 5.41) is 9.21. The number of aromatic nitrogens is 2. The highest BCUT2D eigenvalue weighted by Gasteiger charge is 2.62. The van der Waals surface area contributed by atoms with E-state index in [9.17, 15) is 27.2 Å². The summed E-state index contributed by atoms with van der Waals surface area (Å²) in [7, 11) is -2.40. The van der Waals surface area contributed by atoms with E-state index in [0.29, 0.717) is 50.8 Å². The first-order valence-electron chi connectivity index (χ1n) is 18.2. The van der Waals surface area contributed by atoms with Crippen molar-refractivity contribution >= 4 is 103 Å². The number of ether oxygens (including phenoxy) is 2. The number of carbonyl (C=O) groups excluding carboxylic acids is 3. The number of rotatable bonds is 13. The summed E-state index contributed by atoms with van der Waals surface area (Å²) in [6, 6.07) is 7.37. The molecule has 3 aliphatic rings. The zero-order chi connectivity index (χ0) is 41.0. The molecule has 318 valence electrons. The van der Waals surface area contributed by atoms with Gasteiger partial charge < -0.3 is 25.0 Å². The Morgan fingerprint density at radius 2 is 1.85 bits per heavy atom. The van der Waals surface area contributed by atoms with Gasteiger partial charge in [0.25, 0.3) is 5.91 Å². The molecule has 59 heavy (non-hydrogen) atoms. The van der Waals surface area contributed by atoms with Crippen LogP contribution in [0.1, 0.15) is 46.5 Å². The fraction of sp³-hybridized carbons (Fsp3) is 0.410. The minimum atomic E-state index is -3.92. The Morgan fingerprint density at radius 1 is 1.12 bits per heavy atom. The van der Waals surface area contributed by atoms with Gasteiger partial charge in [0, 0.05) is 39.1 Å². The lowest BCUT2D eigenvalue weighted by Crippen LogP contribution is -2.58. The molecule has 13 nitrogen and oxygen atoms in total. The van der Waals surface area contributed by atoms with Crippen LogP contribution in [-0.4, -0.2) is 83.6 Å². The van der Waals surface area contributed by atoms with E-state index < -0.39 is 73.9 Å². The minimum absolute atomic E-state index is 0. The standard InChI is InChI=1S/C39H41Cl2FN6O7S2.2ClH/c1-6-21-16-39(21,36(51)47-57(52,53)24-9-10-24)46-33(49)30-15-23(55-34-26-14-22(40)8-11-25(26)31(54-5)17-43-34)18-48(30)35(50)32(38(2,3)4)45-37-44-29(19-56-37)20-7-12-28(42)27(41)13-20;;/h6-8,11-14,17,19,21,23-24,30,32H,1,9-10,15-16,18H2,2-5H3,(H,44,45)(H,46,49)(H,47,51);2*1H/t21-,23-,30+,32-,39-;;/m1../s1. The van der Waals surface area contributed by atoms with Gasteiger partial charge in [0.15, 0.2) is 5.13 Å². The van der Waals surface area contributed by atoms with Gasteiger partial charge in [0.2, 0.25) is 27.7 Å². The van der Waals surface area contributed by atoms with Crippen molar-refractivity contribution in [2.45, 2.75) is 75.4 Å². The lowest BCUT2D eigenvalue weighted by Gasteiger charge is -2.35. The lowest BCUT2D eigenvalue weighted by molar-refractivity contribution is -0.141. The molecule has 3 heterocycles. The topological polar surface area (TPSA) is 169 Å². The molecular weight excluding hydrogens is 889 g/mol. The number of carbonyl (C=O) groups is 3. The number of pyridine rings is 1. The Balaban J connectivity index is 0.00000331. The van der Waals surface area contributed by atoms with Crippen LogP contribution < -0.4 is 24.8 Å². The molecule has 0 unspecified atom stereocenters. The molecule has 3 amide bonds. The first kappa shape index (κ1) is 46.1. The molecular formula is C39H43Cl4FN6O7S2. The summed E-state index contributed by atoms with van der Waals surface area (Å²) in [6.07, 6.45) is 3.30. The molecule has 2 aliphatic carbocycles. The summed E-state index contributed by atoms with van der Waals surface area (Å²) >= 11 is 13.6. The normalized spacial score (nSPS) is 21.7. The van der Waals surface area contributed by atoms with E-state index in [1.165, 1.54) is 47.8 Å². The van der Waals surface area contributed by atoms with E-state index in [1.54, 1.807) is 29.6 Å². The highest BCUT2D eigenvalue weighted by molar-refractivity contribution is 7.91. The first-order chi connectivity index (χ1) is 26.9. The van der Waals surface area contributed by atoms with Gasteiger partial charge in [-0.2, -0.15) is 0 Å². The molecule has 0 spiro atoms. The van der Waals surface area contributed by atoms with Crippen molar-refractivity contribution in [1.82, 2.24) is 24.9 Å². The molecule has 5 atom stereocenters. The lowest BCUT2D eigenvalue weighted by atomic mass is 9.85. The summed E-state index contributed by atoms with van der Waals surface area (Å²) in [4.78, 5) is 53.4. The van der Waals surface area contributed by atoms with Crippen LogP contribution >= 0.6 is 59.4 Å². The molecule has 3 N–H and O–H groups in total. The molecule has 4 aromatic rings. The second-order valence-corrected chi connectivity index (χ2v) is 19.3. The van der Waals surface area contributed by atoms with Crippen molar-refractivity contribution in [3.63, 3.8) is 0 Å². The predicted octanol–water partition coefficient (Wildman–Crippen LogP) is 7.20. The van der Waals surface area contributed by atoms with Gasteiger partial charge >= 0.3 is 0 Å². The highest BCUT2D eigenvalue weighted by Crippen LogP contribution is 2.46. The molecule has 20 heteroatoms. The summed E-state index contributed by atoms with van der Waals surface area (Å²) in [5.74, 6) is -2.35. The maximum absolute atomic E-state index is 14.8. The molecule has 2 aromatic heterocycles. The number of hydrogen-bond acceptors (Lipinski definition) is 11.